The highest BCUT2D eigenvalue weighted by molar-refractivity contribution is 6.28. The molecule has 0 aromatic carbocycles. The van der Waals surface area contributed by atoms with Gasteiger partial charge in [-0.1, -0.05) is 0 Å². The maximum atomic E-state index is 12.1. The van der Waals surface area contributed by atoms with Crippen LogP contribution in [-0.4, -0.2) is 45.7 Å². The van der Waals surface area contributed by atoms with Crippen molar-refractivity contribution < 1.29 is 9.53 Å². The Balaban J connectivity index is 1.98. The molecule has 122 valence electrons. The zero-order valence-electron chi connectivity index (χ0n) is 13.1. The number of nitrogens with zero attached hydrogens (tertiary/aromatic N) is 3. The van der Waals surface area contributed by atoms with Crippen molar-refractivity contribution in [3.8, 4) is 0 Å². The summed E-state index contributed by atoms with van der Waals surface area (Å²) in [6.45, 7) is 6.79. The van der Waals surface area contributed by atoms with Crippen LogP contribution in [0.2, 0.25) is 5.28 Å². The highest BCUT2D eigenvalue weighted by Gasteiger charge is 2.28. The van der Waals surface area contributed by atoms with Crippen LogP contribution in [0.15, 0.2) is 6.20 Å². The van der Waals surface area contributed by atoms with Gasteiger partial charge in [0.25, 0.3) is 0 Å². The second-order valence-corrected chi connectivity index (χ2v) is 6.69. The molecule has 2 heterocycles. The van der Waals surface area contributed by atoms with E-state index in [1.807, 2.05) is 20.8 Å². The first-order chi connectivity index (χ1) is 10.2. The Kier molecular flexibility index (Phi) is 4.95. The molecule has 1 aliphatic heterocycles. The normalized spacial score (nSPS) is 18.9. The number of ether oxygens (including phenoxy) is 1. The summed E-state index contributed by atoms with van der Waals surface area (Å²) < 4.78 is 5.41. The summed E-state index contributed by atoms with van der Waals surface area (Å²) in [5, 5.41) is 3.36. The molecule has 0 radical (unpaired) electrons. The predicted molar refractivity (Wildman–Crippen MR) is 85.9 cm³/mol. The van der Waals surface area contributed by atoms with Gasteiger partial charge < -0.3 is 20.7 Å². The monoisotopic (exact) mass is 327 g/mol. The third-order valence-electron chi connectivity index (χ3n) is 3.20. The van der Waals surface area contributed by atoms with Crippen molar-refractivity contribution in [2.24, 2.45) is 0 Å². The Morgan fingerprint density at radius 3 is 2.95 bits per heavy atom. The molecule has 22 heavy (non-hydrogen) atoms. The number of nitrogens with two attached hydrogens (primary N) is 1. The van der Waals surface area contributed by atoms with Crippen molar-refractivity contribution in [3.05, 3.63) is 11.5 Å². The maximum absolute atomic E-state index is 12.1. The topological polar surface area (TPSA) is 93.4 Å². The predicted octanol–water partition coefficient (Wildman–Crippen LogP) is 2.52. The van der Waals surface area contributed by atoms with E-state index in [-0.39, 0.29) is 17.4 Å². The average molecular weight is 328 g/mol. The van der Waals surface area contributed by atoms with Gasteiger partial charge in [-0.2, -0.15) is 4.98 Å². The fourth-order valence-corrected chi connectivity index (χ4v) is 2.40. The van der Waals surface area contributed by atoms with Crippen LogP contribution in [0.1, 0.15) is 33.6 Å². The van der Waals surface area contributed by atoms with Crippen LogP contribution >= 0.6 is 11.6 Å². The fourth-order valence-electron chi connectivity index (χ4n) is 2.27. The number of aromatic nitrogens is 2. The van der Waals surface area contributed by atoms with E-state index in [2.05, 4.69) is 15.3 Å². The first kappa shape index (κ1) is 16.6. The SMILES string of the molecule is CC(C)(C)OC(=O)N1CCC[C@@H](Nc2nc(Cl)ncc2N)C1. The van der Waals surface area contributed by atoms with Crippen molar-refractivity contribution >= 4 is 29.2 Å². The molecule has 1 amide bonds. The Bertz CT molecular complexity index is 547. The smallest absolute Gasteiger partial charge is 0.410 e. The number of carbonyl (C=O) groups excluding carboxylic acids is 1. The van der Waals surface area contributed by atoms with Crippen LogP contribution in [0.3, 0.4) is 0 Å². The number of piperidine rings is 1. The summed E-state index contributed by atoms with van der Waals surface area (Å²) in [5.74, 6) is 0.496. The molecule has 1 fully saturated rings. The minimum atomic E-state index is -0.498. The molecule has 0 saturated carbocycles. The van der Waals surface area contributed by atoms with Gasteiger partial charge in [0.15, 0.2) is 5.82 Å². The van der Waals surface area contributed by atoms with Gasteiger partial charge in [0, 0.05) is 19.1 Å². The van der Waals surface area contributed by atoms with Gasteiger partial charge in [0.2, 0.25) is 5.28 Å². The summed E-state index contributed by atoms with van der Waals surface area (Å²) in [5.41, 5.74) is 5.76. The quantitative estimate of drug-likeness (QED) is 0.811. The number of nitrogens with one attached hydrogen (secondary N) is 1. The van der Waals surface area contributed by atoms with Gasteiger partial charge >= 0.3 is 6.09 Å². The van der Waals surface area contributed by atoms with Crippen LogP contribution in [0, 0.1) is 0 Å². The van der Waals surface area contributed by atoms with Gasteiger partial charge in [-0.15, -0.1) is 0 Å². The molecule has 0 spiro atoms. The maximum Gasteiger partial charge on any atom is 0.410 e. The molecule has 7 nitrogen and oxygen atoms in total. The molecular weight excluding hydrogens is 306 g/mol. The van der Waals surface area contributed by atoms with E-state index in [0.717, 1.165) is 12.8 Å². The number of carbonyl (C=O) groups is 1. The summed E-state index contributed by atoms with van der Waals surface area (Å²) >= 11 is 5.78. The van der Waals surface area contributed by atoms with E-state index in [9.17, 15) is 4.79 Å². The number of rotatable bonds is 2. The molecule has 1 atom stereocenters. The lowest BCUT2D eigenvalue weighted by molar-refractivity contribution is 0.0206. The minimum absolute atomic E-state index is 0.0505. The van der Waals surface area contributed by atoms with Crippen molar-refractivity contribution in [2.45, 2.75) is 45.3 Å². The van der Waals surface area contributed by atoms with E-state index in [1.54, 1.807) is 4.90 Å². The summed E-state index contributed by atoms with van der Waals surface area (Å²) in [6, 6.07) is 0.0505. The van der Waals surface area contributed by atoms with Crippen molar-refractivity contribution in [3.63, 3.8) is 0 Å². The highest BCUT2D eigenvalue weighted by atomic mass is 35.5. The van der Waals surface area contributed by atoms with E-state index in [0.29, 0.717) is 24.6 Å². The summed E-state index contributed by atoms with van der Waals surface area (Å²) in [6.07, 6.45) is 2.97. The molecule has 0 aliphatic carbocycles. The van der Waals surface area contributed by atoms with Crippen LogP contribution in [0.4, 0.5) is 16.3 Å². The third-order valence-corrected chi connectivity index (χ3v) is 3.38. The van der Waals surface area contributed by atoms with Gasteiger partial charge in [-0.05, 0) is 45.2 Å². The number of likely N-dealkylation sites (tertiary alicyclic amines) is 1. The van der Waals surface area contributed by atoms with E-state index < -0.39 is 5.60 Å². The van der Waals surface area contributed by atoms with Gasteiger partial charge in [-0.25, -0.2) is 9.78 Å². The van der Waals surface area contributed by atoms with E-state index in [4.69, 9.17) is 22.1 Å². The lowest BCUT2D eigenvalue weighted by Gasteiger charge is -2.34. The molecule has 1 aromatic heterocycles. The molecular formula is C14H22ClN5O2. The lowest BCUT2D eigenvalue weighted by Crippen LogP contribution is -2.47. The van der Waals surface area contributed by atoms with Crippen molar-refractivity contribution in [1.29, 1.82) is 0 Å². The Morgan fingerprint density at radius 1 is 1.55 bits per heavy atom. The average Bonchev–Trinajstić information content (AvgIpc) is 2.41. The van der Waals surface area contributed by atoms with Crippen molar-refractivity contribution in [1.82, 2.24) is 14.9 Å². The first-order valence-corrected chi connectivity index (χ1v) is 7.65. The standard InChI is InChI=1S/C14H22ClN5O2/c1-14(2,3)22-13(21)20-6-4-5-9(8-20)18-11-10(16)7-17-12(15)19-11/h7,9H,4-6,8,16H2,1-3H3,(H,17,18,19)/t9-/m1/s1. The molecule has 0 bridgehead atoms. The highest BCUT2D eigenvalue weighted by Crippen LogP contribution is 2.21. The zero-order valence-corrected chi connectivity index (χ0v) is 13.9. The molecule has 8 heteroatoms. The number of halogens is 1. The lowest BCUT2D eigenvalue weighted by atomic mass is 10.1. The third kappa shape index (κ3) is 4.62. The van der Waals surface area contributed by atoms with Gasteiger partial charge in [-0.3, -0.25) is 0 Å². The summed E-state index contributed by atoms with van der Waals surface area (Å²) in [7, 11) is 0. The second kappa shape index (κ2) is 6.56. The molecule has 2 rings (SSSR count). The number of hydrogen-bond donors (Lipinski definition) is 2. The molecule has 1 aromatic rings. The Labute approximate surface area is 135 Å². The van der Waals surface area contributed by atoms with Crippen LogP contribution < -0.4 is 11.1 Å². The Morgan fingerprint density at radius 2 is 2.27 bits per heavy atom. The number of hydrogen-bond acceptors (Lipinski definition) is 6. The molecule has 1 aliphatic rings. The number of anilines is 2. The number of nitrogen functional groups attached to an aromatic ring is 1. The fraction of sp³-hybridized carbons (Fsp3) is 0.643. The van der Waals surface area contributed by atoms with E-state index in [1.165, 1.54) is 6.20 Å². The minimum Gasteiger partial charge on any atom is -0.444 e. The van der Waals surface area contributed by atoms with Crippen LogP contribution in [0.25, 0.3) is 0 Å². The zero-order chi connectivity index (χ0) is 16.3. The first-order valence-electron chi connectivity index (χ1n) is 7.27. The van der Waals surface area contributed by atoms with Crippen LogP contribution in [0.5, 0.6) is 0 Å². The van der Waals surface area contributed by atoms with Gasteiger partial charge in [0.05, 0.1) is 11.9 Å². The number of amides is 1. The van der Waals surface area contributed by atoms with Crippen LogP contribution in [-0.2, 0) is 4.74 Å². The molecule has 1 saturated heterocycles. The van der Waals surface area contributed by atoms with E-state index >= 15 is 0 Å². The second-order valence-electron chi connectivity index (χ2n) is 6.35. The Hall–Kier alpha value is -1.76. The summed E-state index contributed by atoms with van der Waals surface area (Å²) in [4.78, 5) is 21.7. The van der Waals surface area contributed by atoms with Gasteiger partial charge in [0.1, 0.15) is 5.60 Å². The molecule has 3 N–H and O–H groups in total. The molecule has 0 unspecified atom stereocenters. The largest absolute Gasteiger partial charge is 0.444 e. The van der Waals surface area contributed by atoms with Crippen molar-refractivity contribution in [2.75, 3.05) is 24.1 Å².